The molecule has 3 heterocycles. The smallest absolute Gasteiger partial charge is 0.194 e. The Balaban J connectivity index is 0.00000256. The predicted octanol–water partition coefficient (Wildman–Crippen LogP) is 3.24. The zero-order chi connectivity index (χ0) is 20.1. The van der Waals surface area contributed by atoms with Gasteiger partial charge in [-0.25, -0.2) is 4.39 Å². The predicted molar refractivity (Wildman–Crippen MR) is 133 cm³/mol. The molecule has 1 N–H and O–H groups in total. The molecule has 2 aromatic rings. The van der Waals surface area contributed by atoms with E-state index in [4.69, 9.17) is 4.74 Å². The van der Waals surface area contributed by atoms with Crippen molar-refractivity contribution in [2.24, 2.45) is 4.99 Å². The molecule has 0 radical (unpaired) electrons. The number of benzene rings is 1. The average molecular weight is 545 g/mol. The van der Waals surface area contributed by atoms with E-state index in [0.717, 1.165) is 50.8 Å². The summed E-state index contributed by atoms with van der Waals surface area (Å²) in [7, 11) is 1.80. The first-order valence-electron chi connectivity index (χ1n) is 10.1. The number of thiophene rings is 1. The number of rotatable bonds is 4. The molecular formula is C21H29FIN5OS. The summed E-state index contributed by atoms with van der Waals surface area (Å²) in [6.07, 6.45) is 0. The Morgan fingerprint density at radius 1 is 1.10 bits per heavy atom. The highest BCUT2D eigenvalue weighted by atomic mass is 127. The van der Waals surface area contributed by atoms with E-state index >= 15 is 0 Å². The van der Waals surface area contributed by atoms with Crippen molar-refractivity contribution in [2.75, 3.05) is 69.3 Å². The summed E-state index contributed by atoms with van der Waals surface area (Å²) in [4.78, 5) is 11.1. The van der Waals surface area contributed by atoms with Crippen molar-refractivity contribution in [1.29, 1.82) is 0 Å². The van der Waals surface area contributed by atoms with Crippen LogP contribution < -0.4 is 15.1 Å². The van der Waals surface area contributed by atoms with Gasteiger partial charge in [0.2, 0.25) is 0 Å². The van der Waals surface area contributed by atoms with Gasteiger partial charge < -0.3 is 24.8 Å². The molecule has 30 heavy (non-hydrogen) atoms. The lowest BCUT2D eigenvalue weighted by atomic mass is 10.1. The van der Waals surface area contributed by atoms with E-state index in [9.17, 15) is 4.39 Å². The van der Waals surface area contributed by atoms with Crippen LogP contribution in [-0.4, -0.2) is 70.4 Å². The highest BCUT2D eigenvalue weighted by Crippen LogP contribution is 2.23. The second-order valence-corrected chi connectivity index (χ2v) is 8.14. The normalized spacial score (nSPS) is 17.7. The Morgan fingerprint density at radius 3 is 2.50 bits per heavy atom. The van der Waals surface area contributed by atoms with Crippen LogP contribution in [0.2, 0.25) is 0 Å². The van der Waals surface area contributed by atoms with Crippen LogP contribution in [0.4, 0.5) is 15.1 Å². The molecule has 0 spiro atoms. The van der Waals surface area contributed by atoms with Gasteiger partial charge in [-0.05, 0) is 35.2 Å². The fraction of sp³-hybridized carbons (Fsp3) is 0.476. The molecule has 0 amide bonds. The van der Waals surface area contributed by atoms with Gasteiger partial charge >= 0.3 is 0 Å². The third kappa shape index (κ3) is 5.55. The van der Waals surface area contributed by atoms with Crippen LogP contribution in [0.1, 0.15) is 5.56 Å². The number of piperazine rings is 1. The minimum Gasteiger partial charge on any atom is -0.378 e. The number of aliphatic imine (C=N–C) groups is 1. The summed E-state index contributed by atoms with van der Waals surface area (Å²) >= 11 is 1.78. The van der Waals surface area contributed by atoms with E-state index < -0.39 is 0 Å². The van der Waals surface area contributed by atoms with E-state index in [1.165, 1.54) is 5.00 Å². The summed E-state index contributed by atoms with van der Waals surface area (Å²) < 4.78 is 20.0. The van der Waals surface area contributed by atoms with Gasteiger partial charge in [0.25, 0.3) is 0 Å². The molecule has 6 nitrogen and oxygen atoms in total. The van der Waals surface area contributed by atoms with Gasteiger partial charge in [0.1, 0.15) is 5.82 Å². The molecule has 1 aromatic carbocycles. The standard InChI is InChI=1S/C21H28FN5OS.HI/c1-23-21(27-8-6-26(7-9-27)20-3-2-14-29-20)24-16-17-4-5-19(18(22)15-17)25-10-12-28-13-11-25;/h2-5,14-15H,6-13,16H2,1H3,(H,23,24);1H. The quantitative estimate of drug-likeness (QED) is 0.363. The van der Waals surface area contributed by atoms with Crippen molar-refractivity contribution in [3.05, 3.63) is 47.1 Å². The van der Waals surface area contributed by atoms with E-state index in [0.29, 0.717) is 25.4 Å². The zero-order valence-electron chi connectivity index (χ0n) is 17.2. The van der Waals surface area contributed by atoms with Crippen LogP contribution in [0.15, 0.2) is 40.7 Å². The number of hydrogen-bond donors (Lipinski definition) is 1. The molecule has 0 saturated carbocycles. The first-order chi connectivity index (χ1) is 14.2. The molecule has 0 aliphatic carbocycles. The minimum absolute atomic E-state index is 0. The van der Waals surface area contributed by atoms with Crippen LogP contribution in [0.3, 0.4) is 0 Å². The van der Waals surface area contributed by atoms with Gasteiger partial charge in [-0.15, -0.1) is 35.3 Å². The van der Waals surface area contributed by atoms with E-state index in [1.54, 1.807) is 24.5 Å². The maximum absolute atomic E-state index is 14.6. The van der Waals surface area contributed by atoms with Gasteiger partial charge in [0.15, 0.2) is 5.96 Å². The lowest BCUT2D eigenvalue weighted by Gasteiger charge is -2.37. The molecule has 0 unspecified atom stereocenters. The molecular weight excluding hydrogens is 516 g/mol. The van der Waals surface area contributed by atoms with Crippen molar-refractivity contribution in [3.8, 4) is 0 Å². The summed E-state index contributed by atoms with van der Waals surface area (Å²) in [6.45, 7) is 7.12. The molecule has 0 atom stereocenters. The minimum atomic E-state index is -0.175. The van der Waals surface area contributed by atoms with E-state index in [2.05, 4.69) is 37.6 Å². The number of halogens is 2. The lowest BCUT2D eigenvalue weighted by molar-refractivity contribution is 0.122. The highest BCUT2D eigenvalue weighted by Gasteiger charge is 2.20. The van der Waals surface area contributed by atoms with Crippen molar-refractivity contribution >= 4 is 52.0 Å². The Morgan fingerprint density at radius 2 is 1.87 bits per heavy atom. The first kappa shape index (κ1) is 23.1. The first-order valence-corrected chi connectivity index (χ1v) is 11.0. The topological polar surface area (TPSA) is 43.3 Å². The van der Waals surface area contributed by atoms with Crippen LogP contribution in [0, 0.1) is 5.82 Å². The number of hydrogen-bond acceptors (Lipinski definition) is 5. The number of nitrogens with one attached hydrogen (secondary N) is 1. The number of anilines is 2. The van der Waals surface area contributed by atoms with Crippen LogP contribution >= 0.6 is 35.3 Å². The fourth-order valence-electron chi connectivity index (χ4n) is 3.82. The SMILES string of the molecule is CN=C(NCc1ccc(N2CCOCC2)c(F)c1)N1CCN(c2cccs2)CC1.I. The van der Waals surface area contributed by atoms with Crippen molar-refractivity contribution < 1.29 is 9.13 Å². The number of nitrogens with zero attached hydrogens (tertiary/aromatic N) is 4. The monoisotopic (exact) mass is 545 g/mol. The van der Waals surface area contributed by atoms with Gasteiger partial charge in [-0.2, -0.15) is 0 Å². The fourth-order valence-corrected chi connectivity index (χ4v) is 4.61. The average Bonchev–Trinajstić information content (AvgIpc) is 3.30. The Hall–Kier alpha value is -1.59. The Kier molecular flexibility index (Phi) is 8.58. The summed E-state index contributed by atoms with van der Waals surface area (Å²) in [5.41, 5.74) is 1.57. The van der Waals surface area contributed by atoms with E-state index in [1.807, 2.05) is 17.0 Å². The van der Waals surface area contributed by atoms with Gasteiger partial charge in [0.05, 0.1) is 23.9 Å². The van der Waals surface area contributed by atoms with Crippen molar-refractivity contribution in [3.63, 3.8) is 0 Å². The maximum atomic E-state index is 14.6. The third-order valence-corrected chi connectivity index (χ3v) is 6.35. The van der Waals surface area contributed by atoms with Crippen LogP contribution in [0.25, 0.3) is 0 Å². The van der Waals surface area contributed by atoms with Crippen LogP contribution in [0.5, 0.6) is 0 Å². The number of guanidine groups is 1. The summed E-state index contributed by atoms with van der Waals surface area (Å²) in [5, 5.41) is 6.83. The molecule has 2 fully saturated rings. The molecule has 0 bridgehead atoms. The van der Waals surface area contributed by atoms with Gasteiger partial charge in [0, 0.05) is 52.9 Å². The largest absolute Gasteiger partial charge is 0.378 e. The second-order valence-electron chi connectivity index (χ2n) is 7.21. The van der Waals surface area contributed by atoms with Gasteiger partial charge in [-0.1, -0.05) is 6.07 Å². The molecule has 4 rings (SSSR count). The Labute approximate surface area is 198 Å². The third-order valence-electron chi connectivity index (χ3n) is 5.42. The maximum Gasteiger partial charge on any atom is 0.194 e. The lowest BCUT2D eigenvalue weighted by Crippen LogP contribution is -2.52. The molecule has 1 aromatic heterocycles. The van der Waals surface area contributed by atoms with Crippen molar-refractivity contribution in [1.82, 2.24) is 10.2 Å². The summed E-state index contributed by atoms with van der Waals surface area (Å²) in [6, 6.07) is 9.75. The number of ether oxygens (including phenoxy) is 1. The molecule has 9 heteroatoms. The molecule has 2 aliphatic heterocycles. The van der Waals surface area contributed by atoms with Crippen molar-refractivity contribution in [2.45, 2.75) is 6.54 Å². The zero-order valence-corrected chi connectivity index (χ0v) is 20.4. The van der Waals surface area contributed by atoms with Crippen LogP contribution in [-0.2, 0) is 11.3 Å². The van der Waals surface area contributed by atoms with E-state index in [-0.39, 0.29) is 29.8 Å². The Bertz CT molecular complexity index is 821. The van der Waals surface area contributed by atoms with Gasteiger partial charge in [-0.3, -0.25) is 4.99 Å². The molecule has 2 aliphatic rings. The molecule has 2 saturated heterocycles. The second kappa shape index (κ2) is 11.1. The summed E-state index contributed by atoms with van der Waals surface area (Å²) in [5.74, 6) is 0.694. The number of morpholine rings is 1. The highest BCUT2D eigenvalue weighted by molar-refractivity contribution is 14.0. The molecule has 164 valence electrons.